The Kier molecular flexibility index (Phi) is 5.77. The molecule has 4 aromatic rings. The van der Waals surface area contributed by atoms with Crippen LogP contribution < -0.4 is 14.8 Å². The van der Waals surface area contributed by atoms with Crippen LogP contribution in [0.2, 0.25) is 5.02 Å². The van der Waals surface area contributed by atoms with E-state index in [0.29, 0.717) is 45.2 Å². The Hall–Kier alpha value is -3.77. The fraction of sp³-hybridized carbons (Fsp3) is 0.214. The Balaban J connectivity index is 1.45. The van der Waals surface area contributed by atoms with Gasteiger partial charge in [0.15, 0.2) is 11.5 Å². The van der Waals surface area contributed by atoms with Crippen molar-refractivity contribution in [3.05, 3.63) is 93.7 Å². The number of aryl methyl sites for hydroxylation is 1. The maximum Gasteiger partial charge on any atom is 0.287 e. The van der Waals surface area contributed by atoms with Crippen molar-refractivity contribution in [3.63, 3.8) is 0 Å². The molecule has 1 atom stereocenters. The summed E-state index contributed by atoms with van der Waals surface area (Å²) in [6.07, 6.45) is 0.155. The molecule has 7 heteroatoms. The van der Waals surface area contributed by atoms with Crippen molar-refractivity contribution in [1.82, 2.24) is 5.32 Å². The van der Waals surface area contributed by atoms with Gasteiger partial charge in [0.25, 0.3) is 5.91 Å². The molecule has 2 heterocycles. The van der Waals surface area contributed by atoms with E-state index in [2.05, 4.69) is 5.32 Å². The molecule has 35 heavy (non-hydrogen) atoms. The first-order chi connectivity index (χ1) is 16.8. The zero-order chi connectivity index (χ0) is 24.7. The molecule has 3 aromatic carbocycles. The fourth-order valence-corrected chi connectivity index (χ4v) is 4.71. The molecular formula is C28H24ClNO5. The number of methoxy groups -OCH3 is 1. The Morgan fingerprint density at radius 2 is 1.91 bits per heavy atom. The molecule has 1 aromatic heterocycles. The number of carbonyl (C=O) groups excluding carboxylic acids is 2. The summed E-state index contributed by atoms with van der Waals surface area (Å²) in [6.45, 7) is 3.99. The predicted molar refractivity (Wildman–Crippen MR) is 133 cm³/mol. The number of carbonyl (C=O) groups is 2. The molecule has 1 amide bonds. The van der Waals surface area contributed by atoms with Crippen LogP contribution in [0.4, 0.5) is 0 Å². The second-order valence-corrected chi connectivity index (χ2v) is 9.28. The minimum absolute atomic E-state index is 0.0680. The summed E-state index contributed by atoms with van der Waals surface area (Å²) in [5.41, 5.74) is 2.46. The molecule has 1 N–H and O–H groups in total. The molecule has 0 saturated carbocycles. The van der Waals surface area contributed by atoms with E-state index in [-0.39, 0.29) is 23.9 Å². The van der Waals surface area contributed by atoms with E-state index in [0.717, 1.165) is 11.1 Å². The molecule has 0 radical (unpaired) electrons. The van der Waals surface area contributed by atoms with E-state index in [4.69, 9.17) is 25.5 Å². The number of benzene rings is 3. The van der Waals surface area contributed by atoms with Gasteiger partial charge in [0, 0.05) is 22.5 Å². The summed E-state index contributed by atoms with van der Waals surface area (Å²) in [7, 11) is 1.60. The number of halogens is 1. The average Bonchev–Trinajstić information content (AvgIpc) is 3.19. The molecule has 0 spiro atoms. The molecule has 0 bridgehead atoms. The van der Waals surface area contributed by atoms with Gasteiger partial charge in [-0.15, -0.1) is 0 Å². The number of rotatable bonds is 5. The van der Waals surface area contributed by atoms with E-state index < -0.39 is 5.60 Å². The first-order valence-corrected chi connectivity index (χ1v) is 11.6. The lowest BCUT2D eigenvalue weighted by atomic mass is 9.84. The van der Waals surface area contributed by atoms with Crippen molar-refractivity contribution in [1.29, 1.82) is 0 Å². The van der Waals surface area contributed by atoms with Crippen molar-refractivity contribution in [2.75, 3.05) is 7.11 Å². The Morgan fingerprint density at radius 1 is 1.14 bits per heavy atom. The topological polar surface area (TPSA) is 77.8 Å². The third-order valence-electron chi connectivity index (χ3n) is 6.42. The van der Waals surface area contributed by atoms with E-state index in [1.165, 1.54) is 0 Å². The van der Waals surface area contributed by atoms with Gasteiger partial charge in [-0.3, -0.25) is 9.59 Å². The number of Topliss-reactive ketones (excluding diaryl/α,β-unsaturated/α-hetero) is 1. The predicted octanol–water partition coefficient (Wildman–Crippen LogP) is 6.21. The first-order valence-electron chi connectivity index (χ1n) is 11.2. The smallest absolute Gasteiger partial charge is 0.287 e. The van der Waals surface area contributed by atoms with Crippen molar-refractivity contribution in [2.24, 2.45) is 0 Å². The van der Waals surface area contributed by atoms with Gasteiger partial charge in [0.05, 0.1) is 19.1 Å². The first kappa shape index (κ1) is 23.0. The number of nitrogens with one attached hydrogen (secondary N) is 1. The standard InChI is InChI=1S/C28H24ClNO5/c1-16-24-22(34-26(16)27(32)30-15-17-5-4-6-20(13-17)33-3)11-12-23-25(24)21(31)14-28(2,35-23)18-7-9-19(29)10-8-18/h4-13H,14-15H2,1-3H3,(H,30,32)/t28-/m1/s1. The number of hydrogen-bond acceptors (Lipinski definition) is 5. The molecule has 178 valence electrons. The van der Waals surface area contributed by atoms with Crippen LogP contribution >= 0.6 is 11.6 Å². The Labute approximate surface area is 207 Å². The average molecular weight is 490 g/mol. The fourth-order valence-electron chi connectivity index (χ4n) is 4.58. The summed E-state index contributed by atoms with van der Waals surface area (Å²) in [5.74, 6) is 0.938. The minimum atomic E-state index is -0.822. The van der Waals surface area contributed by atoms with Gasteiger partial charge < -0.3 is 19.2 Å². The van der Waals surface area contributed by atoms with Crippen molar-refractivity contribution in [3.8, 4) is 11.5 Å². The van der Waals surface area contributed by atoms with Gasteiger partial charge in [-0.25, -0.2) is 0 Å². The molecule has 1 aliphatic rings. The van der Waals surface area contributed by atoms with Crippen LogP contribution in [0.25, 0.3) is 11.0 Å². The molecule has 0 saturated heterocycles. The lowest BCUT2D eigenvalue weighted by molar-refractivity contribution is 0.0507. The van der Waals surface area contributed by atoms with Crippen LogP contribution in [0, 0.1) is 6.92 Å². The van der Waals surface area contributed by atoms with E-state index in [1.54, 1.807) is 38.3 Å². The number of ketones is 1. The zero-order valence-electron chi connectivity index (χ0n) is 19.6. The van der Waals surface area contributed by atoms with Gasteiger partial charge >= 0.3 is 0 Å². The van der Waals surface area contributed by atoms with Crippen LogP contribution in [-0.2, 0) is 12.1 Å². The number of furan rings is 1. The molecule has 0 fully saturated rings. The summed E-state index contributed by atoms with van der Waals surface area (Å²) in [5, 5.41) is 4.11. The summed E-state index contributed by atoms with van der Waals surface area (Å²) < 4.78 is 17.5. The third kappa shape index (κ3) is 4.15. The molecular weight excluding hydrogens is 466 g/mol. The number of fused-ring (bicyclic) bond motifs is 3. The quantitative estimate of drug-likeness (QED) is 0.360. The SMILES string of the molecule is COc1cccc(CNC(=O)c2oc3ccc4c(c3c2C)C(=O)C[C@](C)(c2ccc(Cl)cc2)O4)c1. The van der Waals surface area contributed by atoms with Gasteiger partial charge in [-0.1, -0.05) is 35.9 Å². The number of ether oxygens (including phenoxy) is 2. The van der Waals surface area contributed by atoms with Crippen LogP contribution in [-0.4, -0.2) is 18.8 Å². The van der Waals surface area contributed by atoms with E-state index in [1.807, 2.05) is 43.3 Å². The van der Waals surface area contributed by atoms with Gasteiger partial charge in [0.2, 0.25) is 0 Å². The Bertz CT molecular complexity index is 1460. The molecule has 0 unspecified atom stereocenters. The second kappa shape index (κ2) is 8.78. The molecule has 1 aliphatic heterocycles. The molecule has 0 aliphatic carbocycles. The normalized spacial score (nSPS) is 17.1. The maximum absolute atomic E-state index is 13.4. The van der Waals surface area contributed by atoms with Gasteiger partial charge in [0.1, 0.15) is 22.7 Å². The van der Waals surface area contributed by atoms with Crippen molar-refractivity contribution >= 4 is 34.3 Å². The highest BCUT2D eigenvalue weighted by Gasteiger charge is 2.40. The minimum Gasteiger partial charge on any atom is -0.497 e. The molecule has 6 nitrogen and oxygen atoms in total. The zero-order valence-corrected chi connectivity index (χ0v) is 20.4. The van der Waals surface area contributed by atoms with Crippen molar-refractivity contribution < 1.29 is 23.5 Å². The van der Waals surface area contributed by atoms with E-state index >= 15 is 0 Å². The number of amides is 1. The van der Waals surface area contributed by atoms with Gasteiger partial charge in [-0.05, 0) is 61.4 Å². The van der Waals surface area contributed by atoms with Crippen LogP contribution in [0.1, 0.15) is 50.9 Å². The maximum atomic E-state index is 13.4. The van der Waals surface area contributed by atoms with Crippen LogP contribution in [0.5, 0.6) is 11.5 Å². The lowest BCUT2D eigenvalue weighted by Crippen LogP contribution is -2.36. The number of hydrogen-bond donors (Lipinski definition) is 1. The highest BCUT2D eigenvalue weighted by molar-refractivity contribution is 6.30. The monoisotopic (exact) mass is 489 g/mol. The Morgan fingerprint density at radius 3 is 2.66 bits per heavy atom. The largest absolute Gasteiger partial charge is 0.497 e. The third-order valence-corrected chi connectivity index (χ3v) is 6.67. The second-order valence-electron chi connectivity index (χ2n) is 8.84. The summed E-state index contributed by atoms with van der Waals surface area (Å²) in [6, 6.07) is 18.2. The van der Waals surface area contributed by atoms with E-state index in [9.17, 15) is 9.59 Å². The molecule has 5 rings (SSSR count). The van der Waals surface area contributed by atoms with Crippen molar-refractivity contribution in [2.45, 2.75) is 32.4 Å². The summed E-state index contributed by atoms with van der Waals surface area (Å²) in [4.78, 5) is 26.4. The highest BCUT2D eigenvalue weighted by atomic mass is 35.5. The van der Waals surface area contributed by atoms with Gasteiger partial charge in [-0.2, -0.15) is 0 Å². The lowest BCUT2D eigenvalue weighted by Gasteiger charge is -2.35. The highest BCUT2D eigenvalue weighted by Crippen LogP contribution is 2.44. The van der Waals surface area contributed by atoms with Crippen LogP contribution in [0.3, 0.4) is 0 Å². The van der Waals surface area contributed by atoms with Crippen LogP contribution in [0.15, 0.2) is 65.1 Å². The summed E-state index contributed by atoms with van der Waals surface area (Å²) >= 11 is 6.03.